The summed E-state index contributed by atoms with van der Waals surface area (Å²) in [5.41, 5.74) is 5.99. The lowest BCUT2D eigenvalue weighted by atomic mass is 10.1. The number of hydrogen-bond donors (Lipinski definition) is 0. The Hall–Kier alpha value is -2.53. The molecule has 3 nitrogen and oxygen atoms in total. The van der Waals surface area contributed by atoms with Gasteiger partial charge in [0.2, 0.25) is 0 Å². The van der Waals surface area contributed by atoms with Gasteiger partial charge in [-0.3, -0.25) is 4.90 Å². The quantitative estimate of drug-likeness (QED) is 0.374. The van der Waals surface area contributed by atoms with Crippen LogP contribution in [0.5, 0.6) is 0 Å². The molecule has 0 atom stereocenters. The molecule has 30 heavy (non-hydrogen) atoms. The van der Waals surface area contributed by atoms with Crippen molar-refractivity contribution in [1.82, 2.24) is 14.9 Å². The minimum atomic E-state index is 0.728. The minimum absolute atomic E-state index is 0.728. The first-order valence-electron chi connectivity index (χ1n) is 10.1. The molecular formula is C25H22ClN3S. The highest BCUT2D eigenvalue weighted by molar-refractivity contribution is 7.15. The van der Waals surface area contributed by atoms with Crippen LogP contribution in [0.2, 0.25) is 5.02 Å². The molecule has 0 saturated heterocycles. The maximum Gasteiger partial charge on any atom is 0.159 e. The molecule has 150 valence electrons. The average molecular weight is 432 g/mol. The standard InChI is InChI=1S/C25H22ClN3S/c1-17-2-4-18(5-3-17)24-11-10-22(30-24)16-29-13-12-23-20(15-29)14-27-25(28-23)19-6-8-21(26)9-7-19/h2-11,14H,12-13,15-16H2,1H3. The van der Waals surface area contributed by atoms with Crippen LogP contribution in [-0.2, 0) is 19.5 Å². The Bertz CT molecular complexity index is 1170. The molecule has 1 aliphatic rings. The van der Waals surface area contributed by atoms with Crippen molar-refractivity contribution in [2.24, 2.45) is 0 Å². The lowest BCUT2D eigenvalue weighted by Crippen LogP contribution is -2.30. The van der Waals surface area contributed by atoms with Gasteiger partial charge in [-0.1, -0.05) is 41.4 Å². The Labute approximate surface area is 186 Å². The largest absolute Gasteiger partial charge is 0.293 e. The van der Waals surface area contributed by atoms with Gasteiger partial charge in [0, 0.05) is 58.2 Å². The number of aryl methyl sites for hydroxylation is 1. The van der Waals surface area contributed by atoms with Crippen molar-refractivity contribution in [3.8, 4) is 21.8 Å². The fraction of sp³-hybridized carbons (Fsp3) is 0.200. The van der Waals surface area contributed by atoms with Crippen LogP contribution in [0, 0.1) is 6.92 Å². The summed E-state index contributed by atoms with van der Waals surface area (Å²) in [6, 6.07) is 21.0. The van der Waals surface area contributed by atoms with Gasteiger partial charge in [-0.25, -0.2) is 9.97 Å². The molecular weight excluding hydrogens is 410 g/mol. The predicted octanol–water partition coefficient (Wildman–Crippen LogP) is 6.39. The zero-order chi connectivity index (χ0) is 20.5. The minimum Gasteiger partial charge on any atom is -0.293 e. The van der Waals surface area contributed by atoms with Gasteiger partial charge in [-0.05, 0) is 48.9 Å². The number of halogens is 1. The van der Waals surface area contributed by atoms with Crippen LogP contribution in [0.15, 0.2) is 66.9 Å². The van der Waals surface area contributed by atoms with Gasteiger partial charge in [-0.15, -0.1) is 11.3 Å². The van der Waals surface area contributed by atoms with Crippen LogP contribution in [0.4, 0.5) is 0 Å². The van der Waals surface area contributed by atoms with E-state index in [1.54, 1.807) is 0 Å². The summed E-state index contributed by atoms with van der Waals surface area (Å²) in [6.07, 6.45) is 2.94. The second-order valence-corrected chi connectivity index (χ2v) is 9.37. The number of nitrogens with zero attached hydrogens (tertiary/aromatic N) is 3. The zero-order valence-corrected chi connectivity index (χ0v) is 18.4. The Kier molecular flexibility index (Phi) is 5.38. The number of hydrogen-bond acceptors (Lipinski definition) is 4. The van der Waals surface area contributed by atoms with E-state index in [-0.39, 0.29) is 0 Å². The Morgan fingerprint density at radius 1 is 0.967 bits per heavy atom. The highest BCUT2D eigenvalue weighted by Gasteiger charge is 2.19. The third-order valence-corrected chi connectivity index (χ3v) is 6.86. The molecule has 0 amide bonds. The molecule has 1 aliphatic heterocycles. The van der Waals surface area contributed by atoms with Crippen LogP contribution in [0.3, 0.4) is 0 Å². The molecule has 3 heterocycles. The smallest absolute Gasteiger partial charge is 0.159 e. The van der Waals surface area contributed by atoms with Gasteiger partial charge in [-0.2, -0.15) is 0 Å². The number of benzene rings is 2. The van der Waals surface area contributed by atoms with Crippen molar-refractivity contribution in [2.45, 2.75) is 26.4 Å². The van der Waals surface area contributed by atoms with E-state index in [4.69, 9.17) is 16.6 Å². The number of thiophene rings is 1. The summed E-state index contributed by atoms with van der Waals surface area (Å²) in [5.74, 6) is 0.778. The molecule has 0 fully saturated rings. The Balaban J connectivity index is 1.28. The van der Waals surface area contributed by atoms with E-state index in [1.807, 2.05) is 41.8 Å². The molecule has 0 unspecified atom stereocenters. The van der Waals surface area contributed by atoms with Crippen LogP contribution in [-0.4, -0.2) is 21.4 Å². The van der Waals surface area contributed by atoms with Crippen molar-refractivity contribution in [3.05, 3.63) is 93.6 Å². The van der Waals surface area contributed by atoms with Gasteiger partial charge in [0.1, 0.15) is 0 Å². The zero-order valence-electron chi connectivity index (χ0n) is 16.8. The van der Waals surface area contributed by atoms with Crippen molar-refractivity contribution < 1.29 is 0 Å². The van der Waals surface area contributed by atoms with Gasteiger partial charge in [0.25, 0.3) is 0 Å². The highest BCUT2D eigenvalue weighted by atomic mass is 35.5. The van der Waals surface area contributed by atoms with E-state index >= 15 is 0 Å². The summed E-state index contributed by atoms with van der Waals surface area (Å²) in [6.45, 7) is 5.00. The molecule has 5 heteroatoms. The van der Waals surface area contributed by atoms with Crippen molar-refractivity contribution in [3.63, 3.8) is 0 Å². The van der Waals surface area contributed by atoms with E-state index < -0.39 is 0 Å². The number of aromatic nitrogens is 2. The van der Waals surface area contributed by atoms with Crippen molar-refractivity contribution in [2.75, 3.05) is 6.54 Å². The van der Waals surface area contributed by atoms with Gasteiger partial charge >= 0.3 is 0 Å². The van der Waals surface area contributed by atoms with Crippen LogP contribution >= 0.6 is 22.9 Å². The van der Waals surface area contributed by atoms with E-state index in [0.717, 1.165) is 48.2 Å². The highest BCUT2D eigenvalue weighted by Crippen LogP contribution is 2.30. The first-order chi connectivity index (χ1) is 14.6. The summed E-state index contributed by atoms with van der Waals surface area (Å²) in [5, 5.41) is 0.728. The SMILES string of the molecule is Cc1ccc(-c2ccc(CN3CCc4nc(-c5ccc(Cl)cc5)ncc4C3)s2)cc1. The molecule has 0 saturated carbocycles. The lowest BCUT2D eigenvalue weighted by Gasteiger charge is -2.27. The second kappa shape index (κ2) is 8.31. The topological polar surface area (TPSA) is 29.0 Å². The van der Waals surface area contributed by atoms with Gasteiger partial charge in [0.05, 0.1) is 5.69 Å². The molecule has 0 aliphatic carbocycles. The number of rotatable bonds is 4. The first kappa shape index (κ1) is 19.4. The Morgan fingerprint density at radius 2 is 1.73 bits per heavy atom. The van der Waals surface area contributed by atoms with E-state index in [1.165, 1.54) is 26.4 Å². The molecule has 0 spiro atoms. The third kappa shape index (κ3) is 4.17. The van der Waals surface area contributed by atoms with Crippen LogP contribution in [0.1, 0.15) is 21.7 Å². The van der Waals surface area contributed by atoms with E-state index in [9.17, 15) is 0 Å². The number of fused-ring (bicyclic) bond motifs is 1. The summed E-state index contributed by atoms with van der Waals surface area (Å²) < 4.78 is 0. The van der Waals surface area contributed by atoms with E-state index in [2.05, 4.69) is 53.2 Å². The maximum atomic E-state index is 5.99. The van der Waals surface area contributed by atoms with Gasteiger partial charge in [0.15, 0.2) is 5.82 Å². The van der Waals surface area contributed by atoms with Crippen LogP contribution < -0.4 is 0 Å². The fourth-order valence-electron chi connectivity index (χ4n) is 3.80. The molecule has 4 aromatic rings. The maximum absolute atomic E-state index is 5.99. The molecule has 5 rings (SSSR count). The third-order valence-electron chi connectivity index (χ3n) is 5.49. The van der Waals surface area contributed by atoms with Crippen molar-refractivity contribution in [1.29, 1.82) is 0 Å². The predicted molar refractivity (Wildman–Crippen MR) is 125 cm³/mol. The lowest BCUT2D eigenvalue weighted by molar-refractivity contribution is 0.245. The summed E-state index contributed by atoms with van der Waals surface area (Å²) >= 11 is 7.88. The molecule has 2 aromatic carbocycles. The molecule has 0 radical (unpaired) electrons. The molecule has 0 bridgehead atoms. The van der Waals surface area contributed by atoms with E-state index in [0.29, 0.717) is 0 Å². The second-order valence-electron chi connectivity index (χ2n) is 7.77. The average Bonchev–Trinajstić information content (AvgIpc) is 3.23. The van der Waals surface area contributed by atoms with Crippen LogP contribution in [0.25, 0.3) is 21.8 Å². The first-order valence-corrected chi connectivity index (χ1v) is 11.3. The summed E-state index contributed by atoms with van der Waals surface area (Å²) in [4.78, 5) is 14.6. The molecule has 0 N–H and O–H groups in total. The Morgan fingerprint density at radius 3 is 2.53 bits per heavy atom. The van der Waals surface area contributed by atoms with Gasteiger partial charge < -0.3 is 0 Å². The molecule has 2 aromatic heterocycles. The normalized spacial score (nSPS) is 13.9. The summed E-state index contributed by atoms with van der Waals surface area (Å²) in [7, 11) is 0. The van der Waals surface area contributed by atoms with Crippen molar-refractivity contribution >= 4 is 22.9 Å². The fourth-order valence-corrected chi connectivity index (χ4v) is 4.99. The monoisotopic (exact) mass is 431 g/mol.